The van der Waals surface area contributed by atoms with Crippen molar-refractivity contribution in [2.75, 3.05) is 0 Å². The van der Waals surface area contributed by atoms with E-state index >= 15 is 0 Å². The van der Waals surface area contributed by atoms with E-state index in [1.165, 1.54) is 27.8 Å². The zero-order valence-electron chi connectivity index (χ0n) is 10.1. The second-order valence-electron chi connectivity index (χ2n) is 4.72. The van der Waals surface area contributed by atoms with Gasteiger partial charge >= 0.3 is 0 Å². The number of aromatic nitrogens is 1. The third kappa shape index (κ3) is 1.27. The summed E-state index contributed by atoms with van der Waals surface area (Å²) in [6.07, 6.45) is 0. The van der Waals surface area contributed by atoms with Crippen molar-refractivity contribution in [2.45, 2.75) is 13.1 Å². The van der Waals surface area contributed by atoms with E-state index in [0.717, 1.165) is 13.1 Å². The van der Waals surface area contributed by atoms with Crippen LogP contribution in [0.1, 0.15) is 11.3 Å². The summed E-state index contributed by atoms with van der Waals surface area (Å²) in [5.74, 6) is 0. The lowest BCUT2D eigenvalue weighted by molar-refractivity contribution is 0.747. The van der Waals surface area contributed by atoms with Gasteiger partial charge < -0.3 is 9.88 Å². The van der Waals surface area contributed by atoms with E-state index in [0.29, 0.717) is 0 Å². The molecule has 18 heavy (non-hydrogen) atoms. The quantitative estimate of drug-likeness (QED) is 0.684. The van der Waals surface area contributed by atoms with Crippen molar-refractivity contribution >= 4 is 10.9 Å². The van der Waals surface area contributed by atoms with Gasteiger partial charge in [-0.3, -0.25) is 0 Å². The number of hydrogen-bond donors (Lipinski definition) is 1. The second kappa shape index (κ2) is 3.72. The number of nitrogens with zero attached hydrogens (tertiary/aromatic N) is 1. The van der Waals surface area contributed by atoms with Crippen LogP contribution in [0.15, 0.2) is 54.6 Å². The van der Waals surface area contributed by atoms with Gasteiger partial charge in [0.2, 0.25) is 0 Å². The smallest absolute Gasteiger partial charge is 0.0535 e. The lowest BCUT2D eigenvalue weighted by Gasteiger charge is -2.09. The first-order chi connectivity index (χ1) is 8.95. The minimum atomic E-state index is 0.957. The molecule has 3 aromatic rings. The van der Waals surface area contributed by atoms with Gasteiger partial charge in [0, 0.05) is 29.9 Å². The van der Waals surface area contributed by atoms with E-state index in [4.69, 9.17) is 0 Å². The van der Waals surface area contributed by atoms with Crippen LogP contribution < -0.4 is 5.32 Å². The number of para-hydroxylation sites is 2. The van der Waals surface area contributed by atoms with E-state index in [2.05, 4.69) is 64.5 Å². The van der Waals surface area contributed by atoms with Crippen LogP contribution in [-0.4, -0.2) is 4.57 Å². The van der Waals surface area contributed by atoms with Crippen molar-refractivity contribution in [3.05, 3.63) is 65.9 Å². The Hall–Kier alpha value is -2.06. The van der Waals surface area contributed by atoms with Crippen LogP contribution in [0.25, 0.3) is 16.6 Å². The molecule has 0 unspecified atom stereocenters. The first-order valence-electron chi connectivity index (χ1n) is 6.32. The van der Waals surface area contributed by atoms with Gasteiger partial charge in [0.15, 0.2) is 0 Å². The third-order valence-electron chi connectivity index (χ3n) is 3.70. The van der Waals surface area contributed by atoms with Crippen molar-refractivity contribution in [3.63, 3.8) is 0 Å². The molecule has 0 aliphatic carbocycles. The first-order valence-corrected chi connectivity index (χ1v) is 6.32. The van der Waals surface area contributed by atoms with Gasteiger partial charge in [-0.2, -0.15) is 0 Å². The molecule has 88 valence electrons. The van der Waals surface area contributed by atoms with Gasteiger partial charge in [-0.05, 0) is 23.8 Å². The maximum atomic E-state index is 3.45. The number of nitrogens with one attached hydrogen (secondary N) is 1. The van der Waals surface area contributed by atoms with E-state index < -0.39 is 0 Å². The second-order valence-corrected chi connectivity index (χ2v) is 4.72. The summed E-state index contributed by atoms with van der Waals surface area (Å²) in [5.41, 5.74) is 5.42. The Morgan fingerprint density at radius 1 is 0.833 bits per heavy atom. The van der Waals surface area contributed by atoms with E-state index in [9.17, 15) is 0 Å². The fourth-order valence-corrected chi connectivity index (χ4v) is 2.92. The topological polar surface area (TPSA) is 17.0 Å². The SMILES string of the molecule is c1ccc(-n2c3c(c4ccccc42)CNC3)cc1. The Morgan fingerprint density at radius 2 is 1.61 bits per heavy atom. The highest BCUT2D eigenvalue weighted by Gasteiger charge is 2.21. The van der Waals surface area contributed by atoms with Crippen LogP contribution in [0.2, 0.25) is 0 Å². The molecule has 2 heterocycles. The van der Waals surface area contributed by atoms with Crippen LogP contribution in [-0.2, 0) is 13.1 Å². The van der Waals surface area contributed by atoms with Crippen molar-refractivity contribution in [1.82, 2.24) is 9.88 Å². The highest BCUT2D eigenvalue weighted by Crippen LogP contribution is 2.31. The van der Waals surface area contributed by atoms with E-state index in [1.807, 2.05) is 0 Å². The predicted molar refractivity (Wildman–Crippen MR) is 73.8 cm³/mol. The summed E-state index contributed by atoms with van der Waals surface area (Å²) >= 11 is 0. The molecule has 0 fully saturated rings. The Morgan fingerprint density at radius 3 is 2.50 bits per heavy atom. The molecule has 4 rings (SSSR count). The largest absolute Gasteiger partial charge is 0.312 e. The van der Waals surface area contributed by atoms with Gasteiger partial charge in [-0.15, -0.1) is 0 Å². The van der Waals surface area contributed by atoms with E-state index in [-0.39, 0.29) is 0 Å². The molecular formula is C16H14N2. The molecule has 0 bridgehead atoms. The van der Waals surface area contributed by atoms with Crippen LogP contribution in [0, 0.1) is 0 Å². The lowest BCUT2D eigenvalue weighted by atomic mass is 10.1. The normalized spacial score (nSPS) is 14.0. The minimum absolute atomic E-state index is 0.957. The molecular weight excluding hydrogens is 220 g/mol. The minimum Gasteiger partial charge on any atom is -0.312 e. The highest BCUT2D eigenvalue weighted by molar-refractivity contribution is 5.87. The first kappa shape index (κ1) is 9.92. The van der Waals surface area contributed by atoms with Crippen LogP contribution >= 0.6 is 0 Å². The lowest BCUT2D eigenvalue weighted by Crippen LogP contribution is -2.05. The Bertz CT molecular complexity index is 711. The molecule has 0 amide bonds. The van der Waals surface area contributed by atoms with Gasteiger partial charge in [0.1, 0.15) is 0 Å². The Labute approximate surface area is 106 Å². The number of fused-ring (bicyclic) bond motifs is 3. The highest BCUT2D eigenvalue weighted by atomic mass is 15.1. The molecule has 1 aliphatic heterocycles. The maximum Gasteiger partial charge on any atom is 0.0535 e. The number of rotatable bonds is 1. The zero-order valence-corrected chi connectivity index (χ0v) is 10.1. The van der Waals surface area contributed by atoms with Crippen molar-refractivity contribution in [1.29, 1.82) is 0 Å². The number of benzene rings is 2. The molecule has 2 aromatic carbocycles. The van der Waals surface area contributed by atoms with Crippen molar-refractivity contribution in [2.24, 2.45) is 0 Å². The summed E-state index contributed by atoms with van der Waals surface area (Å²) < 4.78 is 2.38. The summed E-state index contributed by atoms with van der Waals surface area (Å²) in [6.45, 7) is 1.94. The molecule has 0 saturated carbocycles. The standard InChI is InChI=1S/C16H14N2/c1-2-6-12(7-3-1)18-15-9-5-4-8-13(15)14-10-17-11-16(14)18/h1-9,17H,10-11H2. The van der Waals surface area contributed by atoms with Crippen LogP contribution in [0.5, 0.6) is 0 Å². The van der Waals surface area contributed by atoms with Gasteiger partial charge in [-0.25, -0.2) is 0 Å². The molecule has 0 radical (unpaired) electrons. The summed E-state index contributed by atoms with van der Waals surface area (Å²) in [7, 11) is 0. The monoisotopic (exact) mass is 234 g/mol. The average Bonchev–Trinajstić information content (AvgIpc) is 2.99. The average molecular weight is 234 g/mol. The van der Waals surface area contributed by atoms with Crippen LogP contribution in [0.3, 0.4) is 0 Å². The molecule has 0 atom stereocenters. The zero-order chi connectivity index (χ0) is 11.9. The molecule has 0 spiro atoms. The van der Waals surface area contributed by atoms with Crippen molar-refractivity contribution in [3.8, 4) is 5.69 Å². The Balaban J connectivity index is 2.11. The molecule has 0 saturated heterocycles. The summed E-state index contributed by atoms with van der Waals surface area (Å²) in [5, 5.41) is 4.83. The molecule has 1 aliphatic rings. The summed E-state index contributed by atoms with van der Waals surface area (Å²) in [6, 6.07) is 19.3. The van der Waals surface area contributed by atoms with Gasteiger partial charge in [0.05, 0.1) is 5.52 Å². The molecule has 1 N–H and O–H groups in total. The predicted octanol–water partition coefficient (Wildman–Crippen LogP) is 3.23. The van der Waals surface area contributed by atoms with Crippen molar-refractivity contribution < 1.29 is 0 Å². The Kier molecular flexibility index (Phi) is 2.05. The molecule has 1 aromatic heterocycles. The molecule has 2 nitrogen and oxygen atoms in total. The fourth-order valence-electron chi connectivity index (χ4n) is 2.92. The van der Waals surface area contributed by atoms with Gasteiger partial charge in [0.25, 0.3) is 0 Å². The third-order valence-corrected chi connectivity index (χ3v) is 3.70. The van der Waals surface area contributed by atoms with E-state index in [1.54, 1.807) is 0 Å². The van der Waals surface area contributed by atoms with Gasteiger partial charge in [-0.1, -0.05) is 36.4 Å². The number of hydrogen-bond acceptors (Lipinski definition) is 1. The summed E-state index contributed by atoms with van der Waals surface area (Å²) in [4.78, 5) is 0. The molecule has 2 heteroatoms. The fraction of sp³-hybridized carbons (Fsp3) is 0.125. The van der Waals surface area contributed by atoms with Crippen LogP contribution in [0.4, 0.5) is 0 Å². The maximum absolute atomic E-state index is 3.45.